The minimum absolute atomic E-state index is 0.0634. The summed E-state index contributed by atoms with van der Waals surface area (Å²) in [6.45, 7) is 1.06. The summed E-state index contributed by atoms with van der Waals surface area (Å²) < 4.78 is 69.6. The molecule has 2 aromatic carbocycles. The number of rotatable bonds is 11. The van der Waals surface area contributed by atoms with Gasteiger partial charge in [-0.2, -0.15) is 13.2 Å². The fourth-order valence-corrected chi connectivity index (χ4v) is 3.54. The second-order valence-electron chi connectivity index (χ2n) is 7.39. The first-order valence-electron chi connectivity index (χ1n) is 10.7. The van der Waals surface area contributed by atoms with Crippen LogP contribution in [-0.2, 0) is 24.5 Å². The molecule has 0 fully saturated rings. The maximum atomic E-state index is 14.4. The van der Waals surface area contributed by atoms with E-state index >= 15 is 0 Å². The van der Waals surface area contributed by atoms with E-state index in [0.717, 1.165) is 0 Å². The topological polar surface area (TPSA) is 75.2 Å². The fourth-order valence-electron chi connectivity index (χ4n) is 3.00. The quantitative estimate of drug-likeness (QED) is 0.137. The number of halogens is 4. The van der Waals surface area contributed by atoms with E-state index in [1.807, 2.05) is 0 Å². The molecule has 12 heteroatoms. The summed E-state index contributed by atoms with van der Waals surface area (Å²) >= 11 is -0.167. The van der Waals surface area contributed by atoms with Gasteiger partial charge in [0, 0.05) is 28.8 Å². The van der Waals surface area contributed by atoms with Crippen molar-refractivity contribution in [3.8, 4) is 5.75 Å². The lowest BCUT2D eigenvalue weighted by molar-refractivity contribution is -0.0328. The van der Waals surface area contributed by atoms with E-state index in [0.29, 0.717) is 41.6 Å². The van der Waals surface area contributed by atoms with Crippen LogP contribution < -0.4 is 4.74 Å². The third kappa shape index (κ3) is 7.95. The molecule has 0 atom stereocenters. The van der Waals surface area contributed by atoms with Gasteiger partial charge in [-0.05, 0) is 41.6 Å². The molecule has 0 bridgehead atoms. The van der Waals surface area contributed by atoms with Crippen LogP contribution in [0.2, 0.25) is 0 Å². The highest BCUT2D eigenvalue weighted by Gasteiger charge is 2.28. The summed E-state index contributed by atoms with van der Waals surface area (Å²) in [4.78, 5) is 4.37. The first kappa shape index (κ1) is 25.5. The molecule has 0 N–H and O–H groups in total. The van der Waals surface area contributed by atoms with Crippen molar-refractivity contribution in [2.24, 2.45) is 0 Å². The summed E-state index contributed by atoms with van der Waals surface area (Å²) in [7, 11) is 0. The van der Waals surface area contributed by atoms with Crippen molar-refractivity contribution in [2.45, 2.75) is 30.2 Å². The Morgan fingerprint density at radius 1 is 1.06 bits per heavy atom. The maximum absolute atomic E-state index is 14.4. The molecule has 0 aliphatic heterocycles. The molecule has 188 valence electrons. The van der Waals surface area contributed by atoms with Crippen LogP contribution in [0.1, 0.15) is 22.7 Å². The van der Waals surface area contributed by atoms with Gasteiger partial charge in [0.15, 0.2) is 0 Å². The average Bonchev–Trinajstić information content (AvgIpc) is 3.52. The lowest BCUT2D eigenvalue weighted by Gasteiger charge is -2.08. The van der Waals surface area contributed by atoms with E-state index in [2.05, 4.69) is 15.3 Å². The van der Waals surface area contributed by atoms with E-state index in [-0.39, 0.29) is 29.9 Å². The van der Waals surface area contributed by atoms with Gasteiger partial charge in [-0.3, -0.25) is 4.68 Å². The molecular formula is C24H20F4N4O3S. The summed E-state index contributed by atoms with van der Waals surface area (Å²) in [5.74, 6) is 0.180. The van der Waals surface area contributed by atoms with Crippen LogP contribution in [0, 0.1) is 5.82 Å². The third-order valence-electron chi connectivity index (χ3n) is 4.71. The largest absolute Gasteiger partial charge is 0.487 e. The van der Waals surface area contributed by atoms with E-state index in [4.69, 9.17) is 13.9 Å². The van der Waals surface area contributed by atoms with Gasteiger partial charge in [0.1, 0.15) is 30.1 Å². The molecule has 0 aliphatic rings. The lowest BCUT2D eigenvalue weighted by Crippen LogP contribution is -2.07. The van der Waals surface area contributed by atoms with Crippen molar-refractivity contribution >= 4 is 23.9 Å². The Morgan fingerprint density at radius 2 is 1.89 bits per heavy atom. The summed E-state index contributed by atoms with van der Waals surface area (Å²) in [5.41, 5.74) is -2.74. The monoisotopic (exact) mass is 520 g/mol. The molecule has 0 amide bonds. The van der Waals surface area contributed by atoms with Crippen LogP contribution in [0.15, 0.2) is 70.4 Å². The predicted octanol–water partition coefficient (Wildman–Crippen LogP) is 5.98. The number of aromatic nitrogens is 4. The molecule has 0 aliphatic carbocycles. The third-order valence-corrected chi connectivity index (χ3v) is 5.45. The van der Waals surface area contributed by atoms with Gasteiger partial charge in [-0.1, -0.05) is 23.4 Å². The molecule has 0 spiro atoms. The van der Waals surface area contributed by atoms with E-state index in [1.165, 1.54) is 24.5 Å². The molecule has 7 nitrogen and oxygen atoms in total. The van der Waals surface area contributed by atoms with Crippen LogP contribution in [0.5, 0.6) is 5.75 Å². The SMILES string of the molecule is Fc1cc(OCc2coc(C=Cc3ccc(SC(F)(F)F)cc3)n2)ccc1COCCn1ccnn1. The zero-order valence-electron chi connectivity index (χ0n) is 18.7. The molecule has 36 heavy (non-hydrogen) atoms. The smallest absolute Gasteiger partial charge is 0.446 e. The molecule has 0 radical (unpaired) electrons. The maximum Gasteiger partial charge on any atom is 0.446 e. The molecule has 2 aromatic heterocycles. The fraction of sp³-hybridized carbons (Fsp3) is 0.208. The van der Waals surface area contributed by atoms with Gasteiger partial charge < -0.3 is 13.9 Å². The van der Waals surface area contributed by atoms with Gasteiger partial charge in [-0.25, -0.2) is 9.37 Å². The van der Waals surface area contributed by atoms with E-state index in [1.54, 1.807) is 53.5 Å². The first-order chi connectivity index (χ1) is 17.3. The zero-order valence-corrected chi connectivity index (χ0v) is 19.5. The van der Waals surface area contributed by atoms with Crippen molar-refractivity contribution in [1.82, 2.24) is 20.0 Å². The van der Waals surface area contributed by atoms with Gasteiger partial charge in [-0.15, -0.1) is 5.10 Å². The second-order valence-corrected chi connectivity index (χ2v) is 8.53. The highest BCUT2D eigenvalue weighted by molar-refractivity contribution is 8.00. The number of nitrogens with zero attached hydrogens (tertiary/aromatic N) is 4. The Labute approximate surface area is 207 Å². The number of alkyl halides is 3. The minimum atomic E-state index is -4.32. The second kappa shape index (κ2) is 11.9. The van der Waals surface area contributed by atoms with Crippen molar-refractivity contribution in [1.29, 1.82) is 0 Å². The zero-order chi connectivity index (χ0) is 25.4. The number of benzene rings is 2. The Kier molecular flexibility index (Phi) is 8.39. The molecule has 0 saturated heterocycles. The Balaban J connectivity index is 1.23. The average molecular weight is 521 g/mol. The number of ether oxygens (including phenoxy) is 2. The minimum Gasteiger partial charge on any atom is -0.487 e. The molecule has 0 saturated carbocycles. The van der Waals surface area contributed by atoms with Crippen molar-refractivity contribution in [3.63, 3.8) is 0 Å². The molecule has 0 unspecified atom stereocenters. The lowest BCUT2D eigenvalue weighted by atomic mass is 10.2. The summed E-state index contributed by atoms with van der Waals surface area (Å²) in [5, 5.41) is 7.52. The Bertz CT molecular complexity index is 1280. The van der Waals surface area contributed by atoms with Crippen LogP contribution >= 0.6 is 11.8 Å². The Morgan fingerprint density at radius 3 is 2.61 bits per heavy atom. The van der Waals surface area contributed by atoms with Gasteiger partial charge >= 0.3 is 5.51 Å². The normalized spacial score (nSPS) is 11.9. The van der Waals surface area contributed by atoms with E-state index in [9.17, 15) is 17.6 Å². The standard InChI is InChI=1S/C24H20F4N4O3S/c25-22-13-20(5-4-18(22)14-33-12-11-32-10-9-29-31-32)34-15-19-16-35-23(30-19)8-3-17-1-6-21(7-2-17)36-24(26,27)28/h1-10,13,16H,11-12,14-15H2. The number of hydrogen-bond acceptors (Lipinski definition) is 7. The number of hydrogen-bond donors (Lipinski definition) is 0. The van der Waals surface area contributed by atoms with Crippen LogP contribution in [-0.4, -0.2) is 32.1 Å². The molecular weight excluding hydrogens is 500 g/mol. The Hall–Kier alpha value is -3.64. The summed E-state index contributed by atoms with van der Waals surface area (Å²) in [6.07, 6.45) is 7.96. The van der Waals surface area contributed by atoms with Crippen molar-refractivity contribution < 1.29 is 31.5 Å². The van der Waals surface area contributed by atoms with E-state index < -0.39 is 11.3 Å². The number of thioether (sulfide) groups is 1. The molecule has 4 aromatic rings. The van der Waals surface area contributed by atoms with Crippen LogP contribution in [0.25, 0.3) is 12.2 Å². The molecule has 2 heterocycles. The predicted molar refractivity (Wildman–Crippen MR) is 124 cm³/mol. The first-order valence-corrected chi connectivity index (χ1v) is 11.5. The van der Waals surface area contributed by atoms with Crippen LogP contribution in [0.4, 0.5) is 17.6 Å². The summed E-state index contributed by atoms with van der Waals surface area (Å²) in [6, 6.07) is 10.4. The highest BCUT2D eigenvalue weighted by Crippen LogP contribution is 2.36. The number of oxazole rings is 1. The highest BCUT2D eigenvalue weighted by atomic mass is 32.2. The van der Waals surface area contributed by atoms with Gasteiger partial charge in [0.2, 0.25) is 5.89 Å². The molecule has 4 rings (SSSR count). The van der Waals surface area contributed by atoms with Gasteiger partial charge in [0.05, 0.1) is 26.0 Å². The van der Waals surface area contributed by atoms with Crippen molar-refractivity contribution in [2.75, 3.05) is 6.61 Å². The van der Waals surface area contributed by atoms with Gasteiger partial charge in [0.25, 0.3) is 0 Å². The van der Waals surface area contributed by atoms with Crippen molar-refractivity contribution in [3.05, 3.63) is 89.7 Å². The van der Waals surface area contributed by atoms with Crippen LogP contribution in [0.3, 0.4) is 0 Å².